The molecule has 0 aliphatic rings. The molecule has 0 N–H and O–H groups in total. The fraction of sp³-hybridized carbons (Fsp3) is 0.0435. The van der Waals surface area contributed by atoms with Gasteiger partial charge in [-0.15, -0.1) is 0 Å². The van der Waals surface area contributed by atoms with Gasteiger partial charge in [0.25, 0.3) is 0 Å². The van der Waals surface area contributed by atoms with Crippen LogP contribution in [-0.4, -0.2) is 15.3 Å². The number of fused-ring (bicyclic) bond motifs is 1. The van der Waals surface area contributed by atoms with E-state index in [4.69, 9.17) is 4.98 Å². The van der Waals surface area contributed by atoms with Gasteiger partial charge >= 0.3 is 0 Å². The normalized spacial score (nSPS) is 11.2. The average molecular weight is 338 g/mol. The third-order valence-electron chi connectivity index (χ3n) is 4.31. The Morgan fingerprint density at radius 3 is 2.27 bits per heavy atom. The number of para-hydroxylation sites is 2. The molecule has 0 amide bonds. The lowest BCUT2D eigenvalue weighted by molar-refractivity contribution is 0.104. The van der Waals surface area contributed by atoms with Gasteiger partial charge in [0.05, 0.1) is 11.0 Å². The first-order valence-electron chi connectivity index (χ1n) is 8.58. The van der Waals surface area contributed by atoms with Crippen molar-refractivity contribution >= 4 is 22.9 Å². The van der Waals surface area contributed by atoms with Crippen molar-refractivity contribution in [3.63, 3.8) is 0 Å². The van der Waals surface area contributed by atoms with E-state index in [1.165, 1.54) is 5.56 Å². The summed E-state index contributed by atoms with van der Waals surface area (Å²) in [7, 11) is 0. The van der Waals surface area contributed by atoms with Gasteiger partial charge in [0, 0.05) is 12.1 Å². The molecular formula is C23H18N2O. The smallest absolute Gasteiger partial charge is 0.185 e. The maximum Gasteiger partial charge on any atom is 0.185 e. The van der Waals surface area contributed by atoms with Gasteiger partial charge in [-0.25, -0.2) is 4.98 Å². The van der Waals surface area contributed by atoms with Crippen molar-refractivity contribution in [3.8, 4) is 0 Å². The largest absolute Gasteiger partial charge is 0.320 e. The number of carbonyl (C=O) groups excluding carboxylic acids is 1. The summed E-state index contributed by atoms with van der Waals surface area (Å²) in [6.07, 6.45) is 3.40. The van der Waals surface area contributed by atoms with Crippen LogP contribution >= 0.6 is 0 Å². The fourth-order valence-electron chi connectivity index (χ4n) is 3.00. The minimum atomic E-state index is -0.0242. The summed E-state index contributed by atoms with van der Waals surface area (Å²) in [5, 5.41) is 0. The molecule has 0 aliphatic heterocycles. The van der Waals surface area contributed by atoms with Crippen LogP contribution in [0.3, 0.4) is 0 Å². The molecule has 0 spiro atoms. The number of hydrogen-bond acceptors (Lipinski definition) is 2. The zero-order valence-electron chi connectivity index (χ0n) is 14.2. The number of allylic oxidation sites excluding steroid dienone is 1. The number of benzene rings is 3. The highest BCUT2D eigenvalue weighted by molar-refractivity contribution is 6.06. The van der Waals surface area contributed by atoms with Crippen LogP contribution in [0.4, 0.5) is 0 Å². The van der Waals surface area contributed by atoms with E-state index < -0.39 is 0 Å². The first-order chi connectivity index (χ1) is 12.8. The maximum atomic E-state index is 12.4. The zero-order valence-corrected chi connectivity index (χ0v) is 14.2. The summed E-state index contributed by atoms with van der Waals surface area (Å²) < 4.78 is 2.14. The van der Waals surface area contributed by atoms with Crippen molar-refractivity contribution in [3.05, 3.63) is 108 Å². The van der Waals surface area contributed by atoms with Gasteiger partial charge in [-0.2, -0.15) is 0 Å². The molecule has 3 aromatic carbocycles. The molecule has 0 radical (unpaired) electrons. The second kappa shape index (κ2) is 7.19. The first-order valence-corrected chi connectivity index (χ1v) is 8.58. The second-order valence-corrected chi connectivity index (χ2v) is 6.09. The van der Waals surface area contributed by atoms with E-state index in [-0.39, 0.29) is 5.78 Å². The fourth-order valence-corrected chi connectivity index (χ4v) is 3.00. The number of imidazole rings is 1. The van der Waals surface area contributed by atoms with Gasteiger partial charge in [0.1, 0.15) is 5.82 Å². The lowest BCUT2D eigenvalue weighted by Crippen LogP contribution is -2.02. The number of aromatic nitrogens is 2. The van der Waals surface area contributed by atoms with Crippen molar-refractivity contribution < 1.29 is 4.79 Å². The molecule has 4 aromatic rings. The van der Waals surface area contributed by atoms with Crippen LogP contribution in [0.15, 0.2) is 91.0 Å². The van der Waals surface area contributed by atoms with Crippen LogP contribution < -0.4 is 0 Å². The van der Waals surface area contributed by atoms with Crippen LogP contribution in [0.5, 0.6) is 0 Å². The highest BCUT2D eigenvalue weighted by Crippen LogP contribution is 2.19. The van der Waals surface area contributed by atoms with Crippen LogP contribution in [-0.2, 0) is 6.54 Å². The summed E-state index contributed by atoms with van der Waals surface area (Å²) in [6.45, 7) is 0.709. The number of carbonyl (C=O) groups is 1. The van der Waals surface area contributed by atoms with Crippen LogP contribution in [0.25, 0.3) is 17.1 Å². The third kappa shape index (κ3) is 3.33. The van der Waals surface area contributed by atoms with E-state index >= 15 is 0 Å². The molecular weight excluding hydrogens is 320 g/mol. The van der Waals surface area contributed by atoms with Crippen molar-refractivity contribution in [2.75, 3.05) is 0 Å². The quantitative estimate of drug-likeness (QED) is 0.380. The number of hydrogen-bond donors (Lipinski definition) is 0. The Hall–Kier alpha value is -3.46. The molecule has 1 heterocycles. The minimum absolute atomic E-state index is 0.0242. The van der Waals surface area contributed by atoms with Gasteiger partial charge in [0.2, 0.25) is 0 Å². The molecule has 0 fully saturated rings. The van der Waals surface area contributed by atoms with Crippen LogP contribution in [0.1, 0.15) is 21.7 Å². The molecule has 4 rings (SSSR count). The standard InChI is InChI=1S/C23H18N2O/c26-22(19-11-5-2-6-12-19)15-16-23-24-20-13-7-8-14-21(20)25(23)17-18-9-3-1-4-10-18/h1-16H,17H2/b16-15+. The lowest BCUT2D eigenvalue weighted by Gasteiger charge is -2.07. The van der Waals surface area contributed by atoms with E-state index in [0.717, 1.165) is 16.9 Å². The molecule has 0 saturated carbocycles. The zero-order chi connectivity index (χ0) is 17.8. The average Bonchev–Trinajstić information content (AvgIpc) is 3.05. The number of nitrogens with zero attached hydrogens (tertiary/aromatic N) is 2. The van der Waals surface area contributed by atoms with E-state index in [0.29, 0.717) is 12.1 Å². The summed E-state index contributed by atoms with van der Waals surface area (Å²) in [4.78, 5) is 17.1. The van der Waals surface area contributed by atoms with Gasteiger partial charge in [-0.05, 0) is 29.8 Å². The third-order valence-corrected chi connectivity index (χ3v) is 4.31. The van der Waals surface area contributed by atoms with E-state index in [2.05, 4.69) is 22.8 Å². The van der Waals surface area contributed by atoms with Gasteiger partial charge in [-0.3, -0.25) is 4.79 Å². The Morgan fingerprint density at radius 1 is 0.846 bits per heavy atom. The predicted octanol–water partition coefficient (Wildman–Crippen LogP) is 4.98. The number of rotatable bonds is 5. The molecule has 26 heavy (non-hydrogen) atoms. The maximum absolute atomic E-state index is 12.4. The van der Waals surface area contributed by atoms with Crippen molar-refractivity contribution in [1.29, 1.82) is 0 Å². The van der Waals surface area contributed by atoms with Gasteiger partial charge in [-0.1, -0.05) is 72.8 Å². The van der Waals surface area contributed by atoms with E-state index in [1.807, 2.05) is 66.7 Å². The monoisotopic (exact) mass is 338 g/mol. The highest BCUT2D eigenvalue weighted by Gasteiger charge is 2.09. The SMILES string of the molecule is O=C(/C=C/c1nc2ccccc2n1Cc1ccccc1)c1ccccc1. The van der Waals surface area contributed by atoms with Crippen molar-refractivity contribution in [2.24, 2.45) is 0 Å². The molecule has 1 aromatic heterocycles. The van der Waals surface area contributed by atoms with E-state index in [9.17, 15) is 4.79 Å². The molecule has 3 heteroatoms. The summed E-state index contributed by atoms with van der Waals surface area (Å²) in [5.74, 6) is 0.753. The Kier molecular flexibility index (Phi) is 4.44. The van der Waals surface area contributed by atoms with Gasteiger partial charge < -0.3 is 4.57 Å². The second-order valence-electron chi connectivity index (χ2n) is 6.09. The Balaban J connectivity index is 1.71. The van der Waals surface area contributed by atoms with Crippen molar-refractivity contribution in [1.82, 2.24) is 9.55 Å². The number of ketones is 1. The van der Waals surface area contributed by atoms with Gasteiger partial charge in [0.15, 0.2) is 5.78 Å². The predicted molar refractivity (Wildman–Crippen MR) is 105 cm³/mol. The Morgan fingerprint density at radius 2 is 1.50 bits per heavy atom. The minimum Gasteiger partial charge on any atom is -0.320 e. The molecule has 0 unspecified atom stereocenters. The highest BCUT2D eigenvalue weighted by atomic mass is 16.1. The Bertz CT molecular complexity index is 1060. The lowest BCUT2D eigenvalue weighted by atomic mass is 10.1. The summed E-state index contributed by atoms with van der Waals surface area (Å²) in [6, 6.07) is 27.6. The first kappa shape index (κ1) is 16.0. The molecule has 0 bridgehead atoms. The molecule has 126 valence electrons. The molecule has 0 aliphatic carbocycles. The van der Waals surface area contributed by atoms with Crippen LogP contribution in [0.2, 0.25) is 0 Å². The molecule has 0 saturated heterocycles. The van der Waals surface area contributed by atoms with Crippen molar-refractivity contribution in [2.45, 2.75) is 6.54 Å². The van der Waals surface area contributed by atoms with E-state index in [1.54, 1.807) is 12.2 Å². The van der Waals surface area contributed by atoms with Crippen LogP contribution in [0, 0.1) is 0 Å². The topological polar surface area (TPSA) is 34.9 Å². The Labute approximate surface area is 152 Å². The summed E-state index contributed by atoms with van der Waals surface area (Å²) in [5.41, 5.74) is 3.85. The molecule has 3 nitrogen and oxygen atoms in total. The molecule has 0 atom stereocenters. The summed E-state index contributed by atoms with van der Waals surface area (Å²) >= 11 is 0.